The van der Waals surface area contributed by atoms with Crippen molar-refractivity contribution < 1.29 is 14.4 Å². The quantitative estimate of drug-likeness (QED) is 0.860. The van der Waals surface area contributed by atoms with E-state index in [1.807, 2.05) is 6.07 Å². The average molecular weight is 311 g/mol. The highest BCUT2D eigenvalue weighted by atomic mass is 16.2. The minimum absolute atomic E-state index is 0.222. The van der Waals surface area contributed by atoms with Crippen LogP contribution in [0.2, 0.25) is 0 Å². The molecule has 118 valence electrons. The summed E-state index contributed by atoms with van der Waals surface area (Å²) >= 11 is 0. The van der Waals surface area contributed by atoms with E-state index in [-0.39, 0.29) is 30.2 Å². The van der Waals surface area contributed by atoms with Gasteiger partial charge in [0.2, 0.25) is 17.7 Å². The maximum atomic E-state index is 12.3. The second-order valence-electron chi connectivity index (χ2n) is 6.00. The van der Waals surface area contributed by atoms with E-state index in [9.17, 15) is 14.4 Å². The zero-order valence-electron chi connectivity index (χ0n) is 12.6. The maximum Gasteiger partial charge on any atom is 0.244 e. The van der Waals surface area contributed by atoms with Gasteiger partial charge >= 0.3 is 0 Å². The van der Waals surface area contributed by atoms with Crippen molar-refractivity contribution in [3.8, 4) is 6.07 Å². The molecule has 1 saturated heterocycles. The number of hydrogen-bond acceptors (Lipinski definition) is 4. The first-order valence-corrected chi connectivity index (χ1v) is 7.75. The third kappa shape index (κ3) is 2.95. The highest BCUT2D eigenvalue weighted by molar-refractivity contribution is 6.08. The lowest BCUT2D eigenvalue weighted by atomic mass is 9.81. The fourth-order valence-corrected chi connectivity index (χ4v) is 3.40. The molecule has 1 aliphatic carbocycles. The maximum absolute atomic E-state index is 12.3. The van der Waals surface area contributed by atoms with E-state index in [2.05, 4.69) is 5.32 Å². The molecule has 0 bridgehead atoms. The van der Waals surface area contributed by atoms with Gasteiger partial charge in [-0.15, -0.1) is 0 Å². The molecule has 6 nitrogen and oxygen atoms in total. The van der Waals surface area contributed by atoms with Crippen molar-refractivity contribution in [2.45, 2.75) is 25.7 Å². The van der Waals surface area contributed by atoms with Crippen LogP contribution in [0.4, 0.5) is 5.69 Å². The molecule has 3 rings (SSSR count). The number of fused-ring (bicyclic) bond motifs is 1. The van der Waals surface area contributed by atoms with Gasteiger partial charge in [-0.05, 0) is 31.0 Å². The predicted octanol–water partition coefficient (Wildman–Crippen LogP) is 1.67. The summed E-state index contributed by atoms with van der Waals surface area (Å²) in [5, 5.41) is 11.5. The first-order valence-electron chi connectivity index (χ1n) is 7.75. The van der Waals surface area contributed by atoms with Crippen molar-refractivity contribution in [3.05, 3.63) is 29.8 Å². The van der Waals surface area contributed by atoms with E-state index in [0.717, 1.165) is 30.6 Å². The summed E-state index contributed by atoms with van der Waals surface area (Å²) in [5.74, 6) is -1.36. The van der Waals surface area contributed by atoms with Crippen LogP contribution in [0, 0.1) is 23.2 Å². The van der Waals surface area contributed by atoms with Gasteiger partial charge in [0.15, 0.2) is 0 Å². The second-order valence-corrected chi connectivity index (χ2v) is 6.00. The molecule has 1 aromatic rings. The number of imide groups is 1. The Morgan fingerprint density at radius 2 is 1.87 bits per heavy atom. The van der Waals surface area contributed by atoms with Crippen LogP contribution in [0.3, 0.4) is 0 Å². The van der Waals surface area contributed by atoms with Gasteiger partial charge in [0.1, 0.15) is 6.54 Å². The molecule has 0 radical (unpaired) electrons. The third-order valence-electron chi connectivity index (χ3n) is 4.51. The van der Waals surface area contributed by atoms with E-state index >= 15 is 0 Å². The average Bonchev–Trinajstić information content (AvgIpc) is 2.80. The monoisotopic (exact) mass is 311 g/mol. The van der Waals surface area contributed by atoms with Crippen LogP contribution in [0.1, 0.15) is 31.2 Å². The Morgan fingerprint density at radius 1 is 1.22 bits per heavy atom. The molecule has 0 aromatic heterocycles. The van der Waals surface area contributed by atoms with Crippen LogP contribution in [-0.4, -0.2) is 29.2 Å². The molecule has 0 spiro atoms. The molecule has 1 N–H and O–H groups in total. The number of nitrogens with one attached hydrogen (secondary N) is 1. The van der Waals surface area contributed by atoms with Crippen LogP contribution < -0.4 is 5.32 Å². The summed E-state index contributed by atoms with van der Waals surface area (Å²) in [7, 11) is 0. The largest absolute Gasteiger partial charge is 0.324 e. The van der Waals surface area contributed by atoms with E-state index in [1.165, 1.54) is 0 Å². The molecule has 2 atom stereocenters. The topological polar surface area (TPSA) is 90.3 Å². The van der Waals surface area contributed by atoms with Gasteiger partial charge in [-0.25, -0.2) is 0 Å². The summed E-state index contributed by atoms with van der Waals surface area (Å²) in [6.45, 7) is -0.262. The van der Waals surface area contributed by atoms with Crippen molar-refractivity contribution in [2.24, 2.45) is 11.8 Å². The summed E-state index contributed by atoms with van der Waals surface area (Å²) in [6, 6.07) is 8.49. The standard InChI is InChI=1S/C17H17N3O3/c18-9-11-4-3-5-12(8-11)19-15(21)10-20-16(22)13-6-1-2-7-14(13)17(20)23/h3-5,8,13-14H,1-2,6-7,10H2,(H,19,21)/t13-,14+. The second kappa shape index (κ2) is 6.21. The van der Waals surface area contributed by atoms with Crippen molar-refractivity contribution in [2.75, 3.05) is 11.9 Å². The molecule has 1 aliphatic heterocycles. The number of benzene rings is 1. The minimum Gasteiger partial charge on any atom is -0.324 e. The Hall–Kier alpha value is -2.68. The molecular formula is C17H17N3O3. The third-order valence-corrected chi connectivity index (χ3v) is 4.51. The molecule has 1 saturated carbocycles. The fraction of sp³-hybridized carbons (Fsp3) is 0.412. The van der Waals surface area contributed by atoms with Gasteiger partial charge in [0, 0.05) is 5.69 Å². The first-order chi connectivity index (χ1) is 11.1. The van der Waals surface area contributed by atoms with Gasteiger partial charge in [0.05, 0.1) is 23.5 Å². The molecule has 3 amide bonds. The van der Waals surface area contributed by atoms with Gasteiger partial charge in [-0.3, -0.25) is 19.3 Å². The Morgan fingerprint density at radius 3 is 2.48 bits per heavy atom. The van der Waals surface area contributed by atoms with Gasteiger partial charge < -0.3 is 5.32 Å². The summed E-state index contributed by atoms with van der Waals surface area (Å²) in [5.41, 5.74) is 0.910. The number of carbonyl (C=O) groups excluding carboxylic acids is 3. The number of nitrogens with zero attached hydrogens (tertiary/aromatic N) is 2. The summed E-state index contributed by atoms with van der Waals surface area (Å²) < 4.78 is 0. The number of hydrogen-bond donors (Lipinski definition) is 1. The van der Waals surface area contributed by atoms with Gasteiger partial charge in [-0.2, -0.15) is 5.26 Å². The van der Waals surface area contributed by atoms with Gasteiger partial charge in [0.25, 0.3) is 0 Å². The minimum atomic E-state index is -0.430. The first kappa shape index (κ1) is 15.2. The molecule has 0 unspecified atom stereocenters. The molecule has 6 heteroatoms. The SMILES string of the molecule is N#Cc1cccc(NC(=O)CN2C(=O)[C@H]3CCCC[C@H]3C2=O)c1. The summed E-state index contributed by atoms with van der Waals surface area (Å²) in [6.07, 6.45) is 3.39. The van der Waals surface area contributed by atoms with E-state index in [4.69, 9.17) is 5.26 Å². The number of rotatable bonds is 3. The van der Waals surface area contributed by atoms with Crippen molar-refractivity contribution >= 4 is 23.4 Å². The Labute approximate surface area is 134 Å². The van der Waals surface area contributed by atoms with E-state index < -0.39 is 5.91 Å². The van der Waals surface area contributed by atoms with Crippen LogP contribution in [0.25, 0.3) is 0 Å². The lowest BCUT2D eigenvalue weighted by molar-refractivity contribution is -0.142. The normalized spacial score (nSPS) is 23.3. The van der Waals surface area contributed by atoms with Crippen LogP contribution in [0.15, 0.2) is 24.3 Å². The van der Waals surface area contributed by atoms with Crippen LogP contribution in [0.5, 0.6) is 0 Å². The molecule has 2 fully saturated rings. The highest BCUT2D eigenvalue weighted by Gasteiger charge is 2.48. The number of amides is 3. The summed E-state index contributed by atoms with van der Waals surface area (Å²) in [4.78, 5) is 37.9. The van der Waals surface area contributed by atoms with E-state index in [1.54, 1.807) is 24.3 Å². The van der Waals surface area contributed by atoms with Gasteiger partial charge in [-0.1, -0.05) is 18.9 Å². The molecule has 1 aromatic carbocycles. The Bertz CT molecular complexity index is 683. The molecule has 23 heavy (non-hydrogen) atoms. The fourth-order valence-electron chi connectivity index (χ4n) is 3.40. The molecule has 2 aliphatic rings. The number of likely N-dealkylation sites (tertiary alicyclic amines) is 1. The molecule has 1 heterocycles. The number of nitriles is 1. The smallest absolute Gasteiger partial charge is 0.244 e. The number of carbonyl (C=O) groups is 3. The van der Waals surface area contributed by atoms with Crippen molar-refractivity contribution in [1.82, 2.24) is 4.90 Å². The Kier molecular flexibility index (Phi) is 4.11. The highest BCUT2D eigenvalue weighted by Crippen LogP contribution is 2.37. The zero-order chi connectivity index (χ0) is 16.4. The van der Waals surface area contributed by atoms with Crippen LogP contribution >= 0.6 is 0 Å². The van der Waals surface area contributed by atoms with E-state index in [0.29, 0.717) is 11.3 Å². The van der Waals surface area contributed by atoms with Crippen LogP contribution in [-0.2, 0) is 14.4 Å². The lowest BCUT2D eigenvalue weighted by Gasteiger charge is -2.19. The predicted molar refractivity (Wildman–Crippen MR) is 82.0 cm³/mol. The zero-order valence-corrected chi connectivity index (χ0v) is 12.6. The molecular weight excluding hydrogens is 294 g/mol. The van der Waals surface area contributed by atoms with Crippen molar-refractivity contribution in [1.29, 1.82) is 5.26 Å². The van der Waals surface area contributed by atoms with Crippen molar-refractivity contribution in [3.63, 3.8) is 0 Å². The Balaban J connectivity index is 1.67. The lowest BCUT2D eigenvalue weighted by Crippen LogP contribution is -2.38. The number of anilines is 1.